The summed E-state index contributed by atoms with van der Waals surface area (Å²) in [5.74, 6) is -4.83. The highest BCUT2D eigenvalue weighted by molar-refractivity contribution is 5.96. The summed E-state index contributed by atoms with van der Waals surface area (Å²) < 4.78 is 0. The average molecular weight is 757 g/mol. The van der Waals surface area contributed by atoms with Gasteiger partial charge in [0.05, 0.1) is 19.2 Å². The summed E-state index contributed by atoms with van der Waals surface area (Å²) in [6.07, 6.45) is 3.41. The first-order chi connectivity index (χ1) is 25.8. The van der Waals surface area contributed by atoms with Gasteiger partial charge < -0.3 is 58.1 Å². The van der Waals surface area contributed by atoms with Crippen molar-refractivity contribution in [2.45, 2.75) is 94.0 Å². The van der Waals surface area contributed by atoms with Crippen molar-refractivity contribution in [3.63, 3.8) is 0 Å². The van der Waals surface area contributed by atoms with Crippen LogP contribution in [-0.4, -0.2) is 148 Å². The quantitative estimate of drug-likeness (QED) is 0.0442. The van der Waals surface area contributed by atoms with Crippen LogP contribution in [0.15, 0.2) is 35.3 Å². The van der Waals surface area contributed by atoms with Crippen molar-refractivity contribution in [1.29, 1.82) is 0 Å². The van der Waals surface area contributed by atoms with E-state index >= 15 is 0 Å². The minimum atomic E-state index is -1.45. The van der Waals surface area contributed by atoms with Gasteiger partial charge in [-0.2, -0.15) is 0 Å². The Bertz CT molecular complexity index is 1560. The van der Waals surface area contributed by atoms with E-state index in [4.69, 9.17) is 17.2 Å². The maximum absolute atomic E-state index is 13.7. The summed E-state index contributed by atoms with van der Waals surface area (Å²) in [6, 6.07) is 2.47. The van der Waals surface area contributed by atoms with Crippen molar-refractivity contribution in [1.82, 2.24) is 30.7 Å². The number of hydrogen-bond donors (Lipinski definition) is 8. The molecule has 3 heterocycles. The Morgan fingerprint density at radius 2 is 1.43 bits per heavy atom. The monoisotopic (exact) mass is 756 g/mol. The van der Waals surface area contributed by atoms with E-state index in [0.29, 0.717) is 70.1 Å². The van der Waals surface area contributed by atoms with E-state index in [1.807, 2.05) is 0 Å². The summed E-state index contributed by atoms with van der Waals surface area (Å²) in [7, 11) is 0. The standard InChI is InChI=1S/C35H52N10O9/c36-22(10-4-14-39-35(37)38)31(50)44-16-6-12-26(44)33(52)43-15-5-11-25(43)30(49)40-19-28(47)41-23(18-21-8-2-1-3-9-21)29(48)42-24(20-46)32(51)45-17-7-13-27(45)34(53)54/h1-3,8-9,22-27,46H,4-7,10-20,36H2,(H,40,49)(H,41,47)(H,42,48)(H,53,54)(H4,37,38,39)/t22-,23?,24?,25-,26-,27?/m0/s1. The van der Waals surface area contributed by atoms with Crippen LogP contribution in [0.4, 0.5) is 0 Å². The molecule has 54 heavy (non-hydrogen) atoms. The van der Waals surface area contributed by atoms with Gasteiger partial charge in [0.15, 0.2) is 5.96 Å². The number of carboxylic acids is 1. The van der Waals surface area contributed by atoms with Crippen molar-refractivity contribution >= 4 is 47.4 Å². The number of nitrogens with two attached hydrogens (primary N) is 3. The number of amides is 6. The Morgan fingerprint density at radius 3 is 2.06 bits per heavy atom. The Morgan fingerprint density at radius 1 is 0.815 bits per heavy atom. The van der Waals surface area contributed by atoms with Gasteiger partial charge in [-0.05, 0) is 56.9 Å². The van der Waals surface area contributed by atoms with Crippen LogP contribution in [0.3, 0.4) is 0 Å². The first-order valence-electron chi connectivity index (χ1n) is 18.3. The number of nitrogens with one attached hydrogen (secondary N) is 3. The van der Waals surface area contributed by atoms with Crippen LogP contribution in [0.2, 0.25) is 0 Å². The van der Waals surface area contributed by atoms with Crippen molar-refractivity contribution in [3.05, 3.63) is 35.9 Å². The van der Waals surface area contributed by atoms with Crippen molar-refractivity contribution in [2.24, 2.45) is 22.2 Å². The van der Waals surface area contributed by atoms with Gasteiger partial charge in [-0.3, -0.25) is 33.8 Å². The van der Waals surface area contributed by atoms with Crippen LogP contribution in [0.5, 0.6) is 0 Å². The Labute approximate surface area is 313 Å². The van der Waals surface area contributed by atoms with Crippen LogP contribution >= 0.6 is 0 Å². The van der Waals surface area contributed by atoms with Gasteiger partial charge in [-0.15, -0.1) is 0 Å². The fraction of sp³-hybridized carbons (Fsp3) is 0.600. The van der Waals surface area contributed by atoms with Crippen LogP contribution in [0.25, 0.3) is 0 Å². The van der Waals surface area contributed by atoms with Gasteiger partial charge in [-0.1, -0.05) is 30.3 Å². The topological polar surface area (TPSA) is 296 Å². The van der Waals surface area contributed by atoms with E-state index < -0.39 is 79.0 Å². The minimum absolute atomic E-state index is 0.00159. The van der Waals surface area contributed by atoms with E-state index in [-0.39, 0.29) is 37.2 Å². The minimum Gasteiger partial charge on any atom is -0.480 e. The lowest BCUT2D eigenvalue weighted by Crippen LogP contribution is -2.58. The Kier molecular flexibility index (Phi) is 15.1. The second-order valence-electron chi connectivity index (χ2n) is 13.7. The second kappa shape index (κ2) is 19.7. The summed E-state index contributed by atoms with van der Waals surface area (Å²) >= 11 is 0. The van der Waals surface area contributed by atoms with Gasteiger partial charge in [0, 0.05) is 32.6 Å². The maximum Gasteiger partial charge on any atom is 0.326 e. The molecule has 0 aliphatic carbocycles. The number of aliphatic hydroxyl groups is 1. The number of carboxylic acid groups (broad SMARTS) is 1. The predicted octanol–water partition coefficient (Wildman–Crippen LogP) is -3.25. The molecule has 1 aromatic carbocycles. The fourth-order valence-electron chi connectivity index (χ4n) is 7.17. The number of aliphatic hydroxyl groups excluding tert-OH is 1. The first-order valence-corrected chi connectivity index (χ1v) is 18.3. The lowest BCUT2D eigenvalue weighted by molar-refractivity contribution is -0.150. The average Bonchev–Trinajstić information content (AvgIpc) is 3.95. The highest BCUT2D eigenvalue weighted by Gasteiger charge is 2.43. The molecule has 296 valence electrons. The molecule has 3 saturated heterocycles. The molecule has 0 spiro atoms. The molecule has 0 radical (unpaired) electrons. The van der Waals surface area contributed by atoms with E-state index in [1.165, 1.54) is 9.80 Å². The first kappa shape index (κ1) is 41.5. The smallest absolute Gasteiger partial charge is 0.326 e. The normalized spacial score (nSPS) is 21.1. The highest BCUT2D eigenvalue weighted by Crippen LogP contribution is 2.26. The molecule has 4 rings (SSSR count). The molecule has 6 amide bonds. The summed E-state index contributed by atoms with van der Waals surface area (Å²) in [5, 5.41) is 27.1. The van der Waals surface area contributed by atoms with E-state index in [0.717, 1.165) is 4.90 Å². The summed E-state index contributed by atoms with van der Waals surface area (Å²) in [5.41, 5.74) is 17.5. The van der Waals surface area contributed by atoms with Gasteiger partial charge in [-0.25, -0.2) is 4.79 Å². The molecule has 3 aliphatic heterocycles. The largest absolute Gasteiger partial charge is 0.480 e. The molecule has 0 aromatic heterocycles. The molecule has 0 saturated carbocycles. The number of likely N-dealkylation sites (tertiary alicyclic amines) is 3. The number of carbonyl (C=O) groups is 7. The van der Waals surface area contributed by atoms with Gasteiger partial charge in [0.1, 0.15) is 30.2 Å². The van der Waals surface area contributed by atoms with E-state index in [2.05, 4.69) is 20.9 Å². The number of aliphatic imine (C=N–C) groups is 1. The van der Waals surface area contributed by atoms with Gasteiger partial charge in [0.25, 0.3) is 0 Å². The molecule has 11 N–H and O–H groups in total. The van der Waals surface area contributed by atoms with Crippen molar-refractivity contribution in [3.8, 4) is 0 Å². The number of nitrogens with zero attached hydrogens (tertiary/aromatic N) is 4. The second-order valence-corrected chi connectivity index (χ2v) is 13.7. The molecule has 3 unspecified atom stereocenters. The zero-order valence-electron chi connectivity index (χ0n) is 30.2. The third-order valence-electron chi connectivity index (χ3n) is 9.92. The predicted molar refractivity (Wildman–Crippen MR) is 194 cm³/mol. The molecule has 19 nitrogen and oxygen atoms in total. The summed E-state index contributed by atoms with van der Waals surface area (Å²) in [4.78, 5) is 99.6. The molecule has 0 bridgehead atoms. The molecule has 1 aromatic rings. The molecular formula is C35H52N10O9. The third-order valence-corrected chi connectivity index (χ3v) is 9.92. The van der Waals surface area contributed by atoms with Crippen LogP contribution in [0.1, 0.15) is 56.9 Å². The number of benzene rings is 1. The van der Waals surface area contributed by atoms with Crippen LogP contribution in [-0.2, 0) is 40.0 Å². The number of aliphatic carboxylic acids is 1. The third kappa shape index (κ3) is 10.9. The summed E-state index contributed by atoms with van der Waals surface area (Å²) in [6.45, 7) is -0.212. The van der Waals surface area contributed by atoms with Gasteiger partial charge >= 0.3 is 5.97 Å². The molecule has 6 atom stereocenters. The Hall–Kier alpha value is -5.30. The van der Waals surface area contributed by atoms with Crippen molar-refractivity contribution in [2.75, 3.05) is 39.3 Å². The molecule has 3 fully saturated rings. The Balaban J connectivity index is 1.35. The molecule has 3 aliphatic rings. The van der Waals surface area contributed by atoms with Gasteiger partial charge in [0.2, 0.25) is 35.4 Å². The fourth-order valence-corrected chi connectivity index (χ4v) is 7.17. The van der Waals surface area contributed by atoms with Crippen LogP contribution in [0, 0.1) is 0 Å². The molecular weight excluding hydrogens is 704 g/mol. The SMILES string of the molecule is NC(N)=NCCC[C@H](N)C(=O)N1CCC[C@H]1C(=O)N1CCC[C@H]1C(=O)NCC(=O)NC(Cc1ccccc1)C(=O)NC(CO)C(=O)N1CCCC1C(=O)O. The zero-order chi connectivity index (χ0) is 39.4. The number of rotatable bonds is 17. The van der Waals surface area contributed by atoms with Crippen LogP contribution < -0.4 is 33.2 Å². The zero-order valence-corrected chi connectivity index (χ0v) is 30.2. The highest BCUT2D eigenvalue weighted by atomic mass is 16.4. The van der Waals surface area contributed by atoms with Crippen molar-refractivity contribution < 1.29 is 43.8 Å². The number of guanidine groups is 1. The lowest BCUT2D eigenvalue weighted by atomic mass is 10.0. The molecule has 19 heteroatoms. The number of hydrogen-bond acceptors (Lipinski definition) is 10. The maximum atomic E-state index is 13.7. The van der Waals surface area contributed by atoms with E-state index in [9.17, 15) is 43.8 Å². The van der Waals surface area contributed by atoms with E-state index in [1.54, 1.807) is 30.3 Å². The number of carbonyl (C=O) groups excluding carboxylic acids is 6. The lowest BCUT2D eigenvalue weighted by Gasteiger charge is -2.32.